The number of amides is 1. The number of hydrogen-bond acceptors (Lipinski definition) is 5. The number of carbonyl (C=O) groups excluding carboxylic acids is 1. The van der Waals surface area contributed by atoms with Gasteiger partial charge in [0.25, 0.3) is 5.91 Å². The summed E-state index contributed by atoms with van der Waals surface area (Å²) in [4.78, 5) is 21.2. The predicted octanol–water partition coefficient (Wildman–Crippen LogP) is 4.37. The highest BCUT2D eigenvalue weighted by Crippen LogP contribution is 2.20. The zero-order valence-electron chi connectivity index (χ0n) is 15.5. The number of benzene rings is 2. The van der Waals surface area contributed by atoms with Gasteiger partial charge < -0.3 is 10.6 Å². The minimum atomic E-state index is -0.262. The maximum atomic E-state index is 12.8. The molecule has 0 aliphatic heterocycles. The lowest BCUT2D eigenvalue weighted by Crippen LogP contribution is -2.15. The van der Waals surface area contributed by atoms with Crippen molar-refractivity contribution in [3.05, 3.63) is 95.9 Å². The third-order valence-corrected chi connectivity index (χ3v) is 4.51. The Labute approximate surface area is 167 Å². The first-order valence-corrected chi connectivity index (χ1v) is 9.07. The summed E-state index contributed by atoms with van der Waals surface area (Å²) in [6.45, 7) is 0.384. The van der Waals surface area contributed by atoms with Crippen LogP contribution in [0, 0.1) is 11.3 Å². The van der Waals surface area contributed by atoms with E-state index < -0.39 is 0 Å². The van der Waals surface area contributed by atoms with Crippen molar-refractivity contribution in [1.29, 1.82) is 5.26 Å². The van der Waals surface area contributed by atoms with E-state index in [9.17, 15) is 10.1 Å². The second-order valence-corrected chi connectivity index (χ2v) is 6.39. The van der Waals surface area contributed by atoms with Crippen LogP contribution in [0.25, 0.3) is 10.8 Å². The van der Waals surface area contributed by atoms with Gasteiger partial charge in [0.05, 0.1) is 5.56 Å². The molecule has 6 heteroatoms. The van der Waals surface area contributed by atoms with Crippen molar-refractivity contribution >= 4 is 28.2 Å². The highest BCUT2D eigenvalue weighted by atomic mass is 16.1. The van der Waals surface area contributed by atoms with Gasteiger partial charge in [0.2, 0.25) is 0 Å². The molecule has 0 atom stereocenters. The van der Waals surface area contributed by atoms with Crippen LogP contribution < -0.4 is 10.6 Å². The van der Waals surface area contributed by atoms with Crippen molar-refractivity contribution < 1.29 is 4.79 Å². The highest BCUT2D eigenvalue weighted by molar-refractivity contribution is 6.08. The number of para-hydroxylation sites is 1. The van der Waals surface area contributed by atoms with E-state index in [0.29, 0.717) is 29.3 Å². The van der Waals surface area contributed by atoms with Gasteiger partial charge in [0, 0.05) is 35.6 Å². The third-order valence-electron chi connectivity index (χ3n) is 4.51. The number of anilines is 2. The Morgan fingerprint density at radius 3 is 2.62 bits per heavy atom. The fourth-order valence-electron chi connectivity index (χ4n) is 3.04. The quantitative estimate of drug-likeness (QED) is 0.537. The third kappa shape index (κ3) is 4.04. The first-order chi connectivity index (χ1) is 14.2. The summed E-state index contributed by atoms with van der Waals surface area (Å²) in [6.07, 6.45) is 3.32. The number of hydrogen-bond donors (Lipinski definition) is 2. The molecule has 0 bridgehead atoms. The summed E-state index contributed by atoms with van der Waals surface area (Å²) >= 11 is 0. The maximum Gasteiger partial charge on any atom is 0.258 e. The normalized spacial score (nSPS) is 10.3. The SMILES string of the molecule is N#Cc1ncccc1CNc1ccccc1C(=O)Nc1cc2ccccc2cn1. The molecule has 2 N–H and O–H groups in total. The van der Waals surface area contributed by atoms with E-state index in [0.717, 1.165) is 16.3 Å². The molecule has 0 saturated carbocycles. The fraction of sp³-hybridized carbons (Fsp3) is 0.0435. The molecule has 29 heavy (non-hydrogen) atoms. The minimum absolute atomic E-state index is 0.262. The van der Waals surface area contributed by atoms with Crippen molar-refractivity contribution in [1.82, 2.24) is 9.97 Å². The van der Waals surface area contributed by atoms with Gasteiger partial charge in [-0.2, -0.15) is 5.26 Å². The Morgan fingerprint density at radius 2 is 1.76 bits per heavy atom. The Morgan fingerprint density at radius 1 is 0.966 bits per heavy atom. The second kappa shape index (κ2) is 8.19. The lowest BCUT2D eigenvalue weighted by Gasteiger charge is -2.12. The van der Waals surface area contributed by atoms with E-state index in [4.69, 9.17) is 0 Å². The lowest BCUT2D eigenvalue weighted by molar-refractivity contribution is 0.102. The standard InChI is InChI=1S/C23H17N5O/c24-13-21-18(8-5-11-25-21)15-26-20-10-4-3-9-19(20)23(29)28-22-12-16-6-1-2-7-17(16)14-27-22/h1-12,14,26H,15H2,(H,27,28,29). The molecule has 2 aromatic carbocycles. The largest absolute Gasteiger partial charge is 0.380 e. The van der Waals surface area contributed by atoms with E-state index in [-0.39, 0.29) is 5.91 Å². The number of pyridine rings is 2. The molecule has 140 valence electrons. The Hall–Kier alpha value is -4.24. The van der Waals surface area contributed by atoms with Crippen molar-refractivity contribution in [3.8, 4) is 6.07 Å². The van der Waals surface area contributed by atoms with E-state index in [1.54, 1.807) is 30.6 Å². The minimum Gasteiger partial charge on any atom is -0.380 e. The van der Waals surface area contributed by atoms with Crippen LogP contribution in [0.3, 0.4) is 0 Å². The topological polar surface area (TPSA) is 90.7 Å². The smallest absolute Gasteiger partial charge is 0.258 e. The molecule has 0 spiro atoms. The summed E-state index contributed by atoms with van der Waals surface area (Å²) < 4.78 is 0. The van der Waals surface area contributed by atoms with Crippen LogP contribution in [-0.2, 0) is 6.54 Å². The fourth-order valence-corrected chi connectivity index (χ4v) is 3.04. The first-order valence-electron chi connectivity index (χ1n) is 9.07. The molecular formula is C23H17N5O. The monoisotopic (exact) mass is 379 g/mol. The molecule has 0 saturated heterocycles. The summed E-state index contributed by atoms with van der Waals surface area (Å²) in [5.74, 6) is 0.227. The van der Waals surface area contributed by atoms with E-state index in [1.807, 2.05) is 48.5 Å². The molecule has 0 aliphatic rings. The average Bonchev–Trinajstić information content (AvgIpc) is 2.78. The van der Waals surface area contributed by atoms with Crippen LogP contribution in [0.5, 0.6) is 0 Å². The number of carbonyl (C=O) groups is 1. The van der Waals surface area contributed by atoms with Gasteiger partial charge >= 0.3 is 0 Å². The van der Waals surface area contributed by atoms with Gasteiger partial charge in [0.15, 0.2) is 0 Å². The molecule has 0 aliphatic carbocycles. The van der Waals surface area contributed by atoms with Crippen molar-refractivity contribution in [2.24, 2.45) is 0 Å². The number of aromatic nitrogens is 2. The number of rotatable bonds is 5. The molecule has 0 unspecified atom stereocenters. The van der Waals surface area contributed by atoms with Crippen LogP contribution in [0.4, 0.5) is 11.5 Å². The summed E-state index contributed by atoms with van der Waals surface area (Å²) in [5, 5.41) is 17.3. The van der Waals surface area contributed by atoms with E-state index >= 15 is 0 Å². The van der Waals surface area contributed by atoms with Crippen LogP contribution >= 0.6 is 0 Å². The number of fused-ring (bicyclic) bond motifs is 1. The summed E-state index contributed by atoms with van der Waals surface area (Å²) in [5.41, 5.74) is 2.28. The van der Waals surface area contributed by atoms with Crippen LogP contribution in [-0.4, -0.2) is 15.9 Å². The van der Waals surface area contributed by atoms with E-state index in [2.05, 4.69) is 26.7 Å². The van der Waals surface area contributed by atoms with Gasteiger partial charge in [-0.05, 0) is 29.7 Å². The second-order valence-electron chi connectivity index (χ2n) is 6.39. The maximum absolute atomic E-state index is 12.8. The van der Waals surface area contributed by atoms with Crippen molar-refractivity contribution in [3.63, 3.8) is 0 Å². The highest BCUT2D eigenvalue weighted by Gasteiger charge is 2.13. The zero-order chi connectivity index (χ0) is 20.1. The van der Waals surface area contributed by atoms with Crippen LogP contribution in [0.15, 0.2) is 79.1 Å². The average molecular weight is 379 g/mol. The number of nitriles is 1. The molecule has 4 aromatic rings. The van der Waals surface area contributed by atoms with E-state index in [1.165, 1.54) is 0 Å². The molecule has 2 heterocycles. The molecule has 2 aromatic heterocycles. The van der Waals surface area contributed by atoms with Crippen molar-refractivity contribution in [2.75, 3.05) is 10.6 Å². The van der Waals surface area contributed by atoms with Crippen LogP contribution in [0.2, 0.25) is 0 Å². The molecule has 0 fully saturated rings. The first kappa shape index (κ1) is 18.1. The number of nitrogens with one attached hydrogen (secondary N) is 2. The summed E-state index contributed by atoms with van der Waals surface area (Å²) in [7, 11) is 0. The summed E-state index contributed by atoms with van der Waals surface area (Å²) in [6, 6.07) is 22.6. The molecule has 0 radical (unpaired) electrons. The Bertz CT molecular complexity index is 1230. The van der Waals surface area contributed by atoms with Gasteiger partial charge in [0.1, 0.15) is 17.6 Å². The molecule has 1 amide bonds. The van der Waals surface area contributed by atoms with Gasteiger partial charge in [-0.25, -0.2) is 9.97 Å². The van der Waals surface area contributed by atoms with Gasteiger partial charge in [-0.3, -0.25) is 4.79 Å². The van der Waals surface area contributed by atoms with Gasteiger partial charge in [-0.1, -0.05) is 42.5 Å². The molecular weight excluding hydrogens is 362 g/mol. The predicted molar refractivity (Wildman–Crippen MR) is 112 cm³/mol. The van der Waals surface area contributed by atoms with Crippen molar-refractivity contribution in [2.45, 2.75) is 6.54 Å². The zero-order valence-corrected chi connectivity index (χ0v) is 15.5. The molecule has 4 rings (SSSR count). The molecule has 6 nitrogen and oxygen atoms in total. The lowest BCUT2D eigenvalue weighted by atomic mass is 10.1. The number of nitrogens with zero attached hydrogens (tertiary/aromatic N) is 3. The Kier molecular flexibility index (Phi) is 5.12. The van der Waals surface area contributed by atoms with Crippen LogP contribution in [0.1, 0.15) is 21.6 Å². The van der Waals surface area contributed by atoms with Gasteiger partial charge in [-0.15, -0.1) is 0 Å². The Balaban J connectivity index is 1.53.